The van der Waals surface area contributed by atoms with Gasteiger partial charge in [-0.05, 0) is 25.0 Å². The van der Waals surface area contributed by atoms with E-state index in [1.165, 1.54) is 7.11 Å². The van der Waals surface area contributed by atoms with E-state index in [1.807, 2.05) is 43.3 Å². The summed E-state index contributed by atoms with van der Waals surface area (Å²) in [7, 11) is 3.09. The summed E-state index contributed by atoms with van der Waals surface area (Å²) in [5, 5.41) is 0. The van der Waals surface area contributed by atoms with E-state index in [1.54, 1.807) is 7.11 Å². The van der Waals surface area contributed by atoms with Crippen LogP contribution in [0.25, 0.3) is 0 Å². The Morgan fingerprint density at radius 1 is 1.14 bits per heavy atom. The standard InChI is InChI=1S/C19H20O3/c1-13-9-10-17(21-2)15(11-13)19(18(20)22-3)12-16(19)14-7-5-4-6-8-14/h4-11,16H,12H2,1-3H3/t16-,19-/m1/s1. The molecule has 0 heterocycles. The number of benzene rings is 2. The number of hydrogen-bond donors (Lipinski definition) is 0. The zero-order valence-corrected chi connectivity index (χ0v) is 13.1. The highest BCUT2D eigenvalue weighted by molar-refractivity contribution is 5.90. The van der Waals surface area contributed by atoms with Gasteiger partial charge in [0.1, 0.15) is 11.2 Å². The summed E-state index contributed by atoms with van der Waals surface area (Å²) in [4.78, 5) is 12.6. The molecule has 0 radical (unpaired) electrons. The topological polar surface area (TPSA) is 35.5 Å². The summed E-state index contributed by atoms with van der Waals surface area (Å²) in [6, 6.07) is 16.1. The molecule has 1 fully saturated rings. The average Bonchev–Trinajstić information content (AvgIpc) is 3.31. The van der Waals surface area contributed by atoms with Gasteiger partial charge in [0.25, 0.3) is 0 Å². The van der Waals surface area contributed by atoms with Crippen molar-refractivity contribution in [3.05, 3.63) is 65.2 Å². The molecule has 0 aromatic heterocycles. The highest BCUT2D eigenvalue weighted by Crippen LogP contribution is 2.63. The number of rotatable bonds is 4. The van der Waals surface area contributed by atoms with Crippen molar-refractivity contribution in [2.75, 3.05) is 14.2 Å². The van der Waals surface area contributed by atoms with E-state index in [0.29, 0.717) is 0 Å². The zero-order chi connectivity index (χ0) is 15.7. The van der Waals surface area contributed by atoms with Gasteiger partial charge < -0.3 is 9.47 Å². The van der Waals surface area contributed by atoms with Gasteiger partial charge in [-0.3, -0.25) is 4.79 Å². The second-order valence-corrected chi connectivity index (χ2v) is 5.83. The molecule has 114 valence electrons. The molecule has 0 spiro atoms. The first-order valence-corrected chi connectivity index (χ1v) is 7.42. The summed E-state index contributed by atoms with van der Waals surface area (Å²) >= 11 is 0. The molecule has 0 amide bonds. The lowest BCUT2D eigenvalue weighted by molar-refractivity contribution is -0.143. The summed E-state index contributed by atoms with van der Waals surface area (Å²) in [5.41, 5.74) is 2.57. The Labute approximate surface area is 130 Å². The van der Waals surface area contributed by atoms with Gasteiger partial charge in [0.05, 0.1) is 14.2 Å². The molecule has 3 nitrogen and oxygen atoms in total. The molecule has 22 heavy (non-hydrogen) atoms. The molecule has 0 saturated heterocycles. The van der Waals surface area contributed by atoms with Crippen molar-refractivity contribution in [3.8, 4) is 5.75 Å². The fraction of sp³-hybridized carbons (Fsp3) is 0.316. The summed E-state index contributed by atoms with van der Waals surface area (Å²) in [5.74, 6) is 0.691. The third-order valence-electron chi connectivity index (χ3n) is 4.55. The van der Waals surface area contributed by atoms with Crippen molar-refractivity contribution >= 4 is 5.97 Å². The van der Waals surface area contributed by atoms with Crippen LogP contribution in [-0.4, -0.2) is 20.2 Å². The van der Waals surface area contributed by atoms with Crippen LogP contribution in [0.5, 0.6) is 5.75 Å². The predicted octanol–water partition coefficient (Wildman–Crippen LogP) is 3.60. The van der Waals surface area contributed by atoms with Crippen molar-refractivity contribution in [2.45, 2.75) is 24.7 Å². The van der Waals surface area contributed by atoms with Crippen LogP contribution in [0, 0.1) is 6.92 Å². The Morgan fingerprint density at radius 3 is 2.50 bits per heavy atom. The molecule has 0 unspecified atom stereocenters. The highest BCUT2D eigenvalue weighted by Gasteiger charge is 2.63. The molecule has 0 N–H and O–H groups in total. The lowest BCUT2D eigenvalue weighted by atomic mass is 9.89. The van der Waals surface area contributed by atoms with Gasteiger partial charge in [0.15, 0.2) is 0 Å². The maximum absolute atomic E-state index is 12.6. The van der Waals surface area contributed by atoms with E-state index in [0.717, 1.165) is 28.9 Å². The van der Waals surface area contributed by atoms with Crippen molar-refractivity contribution < 1.29 is 14.3 Å². The van der Waals surface area contributed by atoms with Crippen LogP contribution in [0.2, 0.25) is 0 Å². The number of methoxy groups -OCH3 is 2. The minimum atomic E-state index is -0.631. The van der Waals surface area contributed by atoms with Crippen LogP contribution in [0.3, 0.4) is 0 Å². The molecule has 3 rings (SSSR count). The van der Waals surface area contributed by atoms with Gasteiger partial charge in [-0.25, -0.2) is 0 Å². The van der Waals surface area contributed by atoms with Crippen molar-refractivity contribution in [2.24, 2.45) is 0 Å². The van der Waals surface area contributed by atoms with E-state index < -0.39 is 5.41 Å². The highest BCUT2D eigenvalue weighted by atomic mass is 16.5. The SMILES string of the molecule is COC(=O)[C@@]1(c2cc(C)ccc2OC)C[C@@H]1c1ccccc1. The average molecular weight is 296 g/mol. The molecule has 2 atom stereocenters. The normalized spacial score (nSPS) is 23.0. The molecule has 3 heteroatoms. The van der Waals surface area contributed by atoms with Gasteiger partial charge >= 0.3 is 5.97 Å². The van der Waals surface area contributed by atoms with E-state index in [9.17, 15) is 4.79 Å². The van der Waals surface area contributed by atoms with Gasteiger partial charge in [-0.15, -0.1) is 0 Å². The minimum absolute atomic E-state index is 0.136. The Kier molecular flexibility index (Phi) is 3.65. The van der Waals surface area contributed by atoms with Crippen LogP contribution >= 0.6 is 0 Å². The van der Waals surface area contributed by atoms with Crippen LogP contribution in [0.4, 0.5) is 0 Å². The fourth-order valence-corrected chi connectivity index (χ4v) is 3.34. The third-order valence-corrected chi connectivity index (χ3v) is 4.55. The van der Waals surface area contributed by atoms with E-state index >= 15 is 0 Å². The number of hydrogen-bond acceptors (Lipinski definition) is 3. The number of ether oxygens (including phenoxy) is 2. The van der Waals surface area contributed by atoms with Gasteiger partial charge in [0.2, 0.25) is 0 Å². The molecule has 0 aliphatic heterocycles. The van der Waals surface area contributed by atoms with E-state index in [-0.39, 0.29) is 11.9 Å². The smallest absolute Gasteiger partial charge is 0.317 e. The first-order valence-electron chi connectivity index (χ1n) is 7.42. The van der Waals surface area contributed by atoms with Crippen LogP contribution in [0.15, 0.2) is 48.5 Å². The summed E-state index contributed by atoms with van der Waals surface area (Å²) in [6.45, 7) is 2.02. The van der Waals surface area contributed by atoms with Crippen LogP contribution in [-0.2, 0) is 14.9 Å². The second-order valence-electron chi connectivity index (χ2n) is 5.83. The van der Waals surface area contributed by atoms with Gasteiger partial charge in [-0.1, -0.05) is 48.0 Å². The van der Waals surface area contributed by atoms with Crippen molar-refractivity contribution in [3.63, 3.8) is 0 Å². The number of aryl methyl sites for hydroxylation is 1. The number of carbonyl (C=O) groups excluding carboxylic acids is 1. The maximum atomic E-state index is 12.6. The Bertz CT molecular complexity index is 693. The Hall–Kier alpha value is -2.29. The van der Waals surface area contributed by atoms with Crippen molar-refractivity contribution in [1.29, 1.82) is 0 Å². The molecule has 1 aliphatic carbocycles. The van der Waals surface area contributed by atoms with E-state index in [4.69, 9.17) is 9.47 Å². The molecule has 1 saturated carbocycles. The maximum Gasteiger partial charge on any atom is 0.317 e. The summed E-state index contributed by atoms with van der Waals surface area (Å²) in [6.07, 6.45) is 0.753. The number of carbonyl (C=O) groups is 1. The monoisotopic (exact) mass is 296 g/mol. The van der Waals surface area contributed by atoms with Gasteiger partial charge in [-0.2, -0.15) is 0 Å². The van der Waals surface area contributed by atoms with E-state index in [2.05, 4.69) is 12.1 Å². The minimum Gasteiger partial charge on any atom is -0.496 e. The first-order chi connectivity index (χ1) is 10.6. The Balaban J connectivity index is 2.11. The number of esters is 1. The van der Waals surface area contributed by atoms with Crippen LogP contribution in [0.1, 0.15) is 29.0 Å². The molecular formula is C19H20O3. The lowest BCUT2D eigenvalue weighted by Crippen LogP contribution is -2.25. The zero-order valence-electron chi connectivity index (χ0n) is 13.1. The largest absolute Gasteiger partial charge is 0.496 e. The lowest BCUT2D eigenvalue weighted by Gasteiger charge is -2.19. The third kappa shape index (κ3) is 2.17. The predicted molar refractivity (Wildman–Crippen MR) is 85.2 cm³/mol. The van der Waals surface area contributed by atoms with Crippen LogP contribution < -0.4 is 4.74 Å². The molecule has 1 aliphatic rings. The first kappa shape index (κ1) is 14.6. The van der Waals surface area contributed by atoms with Crippen molar-refractivity contribution in [1.82, 2.24) is 0 Å². The molecule has 2 aromatic rings. The van der Waals surface area contributed by atoms with Gasteiger partial charge in [0, 0.05) is 11.5 Å². The molecule has 0 bridgehead atoms. The summed E-state index contributed by atoms with van der Waals surface area (Å²) < 4.78 is 10.6. The quantitative estimate of drug-likeness (QED) is 0.809. The fourth-order valence-electron chi connectivity index (χ4n) is 3.34. The Morgan fingerprint density at radius 2 is 1.86 bits per heavy atom. The molecular weight excluding hydrogens is 276 g/mol. The second kappa shape index (κ2) is 5.48. The molecule has 2 aromatic carbocycles.